The SMILES string of the molecule is CN=C/C=C\C(=C(/C)c1c(C)ccc2c1oc1nc(C)ccc12)c1cccc(F)c1. The van der Waals surface area contributed by atoms with Gasteiger partial charge in [-0.1, -0.05) is 30.3 Å². The van der Waals surface area contributed by atoms with Crippen molar-refractivity contribution in [1.29, 1.82) is 0 Å². The minimum Gasteiger partial charge on any atom is -0.437 e. The molecule has 0 fully saturated rings. The summed E-state index contributed by atoms with van der Waals surface area (Å²) < 4.78 is 20.2. The third-order valence-corrected chi connectivity index (χ3v) is 5.27. The van der Waals surface area contributed by atoms with Gasteiger partial charge in [0.05, 0.1) is 0 Å². The van der Waals surface area contributed by atoms with E-state index in [1.807, 2.05) is 44.2 Å². The van der Waals surface area contributed by atoms with Crippen LogP contribution >= 0.6 is 0 Å². The first-order chi connectivity index (χ1) is 14.5. The second-order valence-corrected chi connectivity index (χ2v) is 7.36. The van der Waals surface area contributed by atoms with Crippen LogP contribution in [0.15, 0.2) is 70.1 Å². The Bertz CT molecular complexity index is 1340. The summed E-state index contributed by atoms with van der Waals surface area (Å²) >= 11 is 0. The molecule has 0 aliphatic heterocycles. The van der Waals surface area contributed by atoms with Crippen LogP contribution in [-0.4, -0.2) is 18.2 Å². The second-order valence-electron chi connectivity index (χ2n) is 7.36. The summed E-state index contributed by atoms with van der Waals surface area (Å²) in [6.45, 7) is 6.05. The smallest absolute Gasteiger partial charge is 0.227 e. The fraction of sp³-hybridized carbons (Fsp3) is 0.154. The van der Waals surface area contributed by atoms with E-state index >= 15 is 0 Å². The van der Waals surface area contributed by atoms with Gasteiger partial charge in [-0.25, -0.2) is 9.37 Å². The van der Waals surface area contributed by atoms with E-state index in [9.17, 15) is 4.39 Å². The minimum atomic E-state index is -0.270. The van der Waals surface area contributed by atoms with E-state index in [4.69, 9.17) is 4.42 Å². The Kier molecular flexibility index (Phi) is 5.32. The molecule has 2 heterocycles. The van der Waals surface area contributed by atoms with Crippen molar-refractivity contribution < 1.29 is 8.81 Å². The lowest BCUT2D eigenvalue weighted by atomic mass is 9.91. The molecule has 0 radical (unpaired) electrons. The van der Waals surface area contributed by atoms with Crippen LogP contribution in [-0.2, 0) is 0 Å². The van der Waals surface area contributed by atoms with Gasteiger partial charge in [-0.3, -0.25) is 4.99 Å². The summed E-state index contributed by atoms with van der Waals surface area (Å²) in [5.74, 6) is -0.270. The molecule has 0 amide bonds. The predicted molar refractivity (Wildman–Crippen MR) is 123 cm³/mol. The van der Waals surface area contributed by atoms with E-state index < -0.39 is 0 Å². The summed E-state index contributed by atoms with van der Waals surface area (Å²) in [6, 6.07) is 14.8. The van der Waals surface area contributed by atoms with Crippen LogP contribution in [0.4, 0.5) is 4.39 Å². The van der Waals surface area contributed by atoms with Gasteiger partial charge in [-0.05, 0) is 73.4 Å². The van der Waals surface area contributed by atoms with Gasteiger partial charge in [-0.2, -0.15) is 0 Å². The lowest BCUT2D eigenvalue weighted by Gasteiger charge is -2.13. The molecule has 0 atom stereocenters. The van der Waals surface area contributed by atoms with Crippen LogP contribution in [0.3, 0.4) is 0 Å². The van der Waals surface area contributed by atoms with E-state index in [-0.39, 0.29) is 5.82 Å². The van der Waals surface area contributed by atoms with Gasteiger partial charge in [0.2, 0.25) is 5.71 Å². The van der Waals surface area contributed by atoms with Crippen LogP contribution in [0.1, 0.15) is 29.3 Å². The van der Waals surface area contributed by atoms with Crippen molar-refractivity contribution in [3.8, 4) is 0 Å². The first-order valence-corrected chi connectivity index (χ1v) is 9.85. The number of aryl methyl sites for hydroxylation is 2. The first kappa shape index (κ1) is 19.8. The zero-order chi connectivity index (χ0) is 21.3. The molecule has 0 aliphatic carbocycles. The van der Waals surface area contributed by atoms with Crippen LogP contribution < -0.4 is 0 Å². The normalized spacial score (nSPS) is 13.1. The predicted octanol–water partition coefficient (Wildman–Crippen LogP) is 6.92. The number of pyridine rings is 1. The maximum atomic E-state index is 14.0. The Morgan fingerprint density at radius 3 is 2.63 bits per heavy atom. The Morgan fingerprint density at radius 1 is 1.07 bits per heavy atom. The monoisotopic (exact) mass is 398 g/mol. The standard InChI is InChI=1S/C26H23FN2O/c1-16-10-12-22-23-13-11-17(2)29-26(23)30-25(22)24(16)18(3)21(9-6-14-28-4)19-7-5-8-20(27)15-19/h5-15H,1-4H3/b9-6-,21-18-,28-14?. The molecule has 0 spiro atoms. The highest BCUT2D eigenvalue weighted by Gasteiger charge is 2.17. The van der Waals surface area contributed by atoms with Gasteiger partial charge in [0.1, 0.15) is 11.4 Å². The number of furan rings is 1. The molecule has 0 N–H and O–H groups in total. The molecule has 0 aliphatic rings. The van der Waals surface area contributed by atoms with Gasteiger partial charge in [0.15, 0.2) is 0 Å². The number of hydrogen-bond donors (Lipinski definition) is 0. The molecule has 0 saturated heterocycles. The van der Waals surface area contributed by atoms with Crippen molar-refractivity contribution in [2.45, 2.75) is 20.8 Å². The quantitative estimate of drug-likeness (QED) is 0.212. The highest BCUT2D eigenvalue weighted by molar-refractivity contribution is 6.10. The number of fused-ring (bicyclic) bond motifs is 3. The Balaban J connectivity index is 2.04. The van der Waals surface area contributed by atoms with E-state index in [2.05, 4.69) is 29.0 Å². The number of hydrogen-bond acceptors (Lipinski definition) is 3. The molecule has 4 heteroatoms. The fourth-order valence-electron chi connectivity index (χ4n) is 3.83. The molecule has 4 rings (SSSR count). The summed E-state index contributed by atoms with van der Waals surface area (Å²) in [4.78, 5) is 8.57. The van der Waals surface area contributed by atoms with Crippen molar-refractivity contribution in [3.63, 3.8) is 0 Å². The molecule has 30 heavy (non-hydrogen) atoms. The molecule has 3 nitrogen and oxygen atoms in total. The lowest BCUT2D eigenvalue weighted by molar-refractivity contribution is 0.627. The maximum Gasteiger partial charge on any atom is 0.227 e. The van der Waals surface area contributed by atoms with Crippen molar-refractivity contribution in [2.75, 3.05) is 7.05 Å². The second kappa shape index (κ2) is 8.07. The van der Waals surface area contributed by atoms with Crippen LogP contribution in [0, 0.1) is 19.7 Å². The summed E-state index contributed by atoms with van der Waals surface area (Å²) in [5.41, 5.74) is 7.14. The van der Waals surface area contributed by atoms with Crippen LogP contribution in [0.25, 0.3) is 33.2 Å². The Labute approximate surface area is 175 Å². The molecule has 0 bridgehead atoms. The highest BCUT2D eigenvalue weighted by atomic mass is 19.1. The largest absolute Gasteiger partial charge is 0.437 e. The minimum absolute atomic E-state index is 0.270. The molecule has 2 aromatic heterocycles. The number of halogens is 1. The van der Waals surface area contributed by atoms with Gasteiger partial charge in [-0.15, -0.1) is 0 Å². The average molecular weight is 398 g/mol. The maximum absolute atomic E-state index is 14.0. The van der Waals surface area contributed by atoms with Gasteiger partial charge in [0.25, 0.3) is 0 Å². The summed E-state index contributed by atoms with van der Waals surface area (Å²) in [7, 11) is 1.72. The zero-order valence-corrected chi connectivity index (χ0v) is 17.5. The molecule has 4 aromatic rings. The molecular weight excluding hydrogens is 375 g/mol. The number of aromatic nitrogens is 1. The van der Waals surface area contributed by atoms with Crippen molar-refractivity contribution in [3.05, 3.63) is 88.9 Å². The topological polar surface area (TPSA) is 38.4 Å². The Hall–Kier alpha value is -3.53. The highest BCUT2D eigenvalue weighted by Crippen LogP contribution is 2.38. The van der Waals surface area contributed by atoms with E-state index in [0.717, 1.165) is 49.9 Å². The first-order valence-electron chi connectivity index (χ1n) is 9.85. The van der Waals surface area contributed by atoms with E-state index in [0.29, 0.717) is 5.71 Å². The lowest BCUT2D eigenvalue weighted by Crippen LogP contribution is -1.93. The number of nitrogens with zero attached hydrogens (tertiary/aromatic N) is 2. The van der Waals surface area contributed by atoms with E-state index in [1.165, 1.54) is 6.07 Å². The van der Waals surface area contributed by atoms with Crippen molar-refractivity contribution in [1.82, 2.24) is 4.98 Å². The molecular formula is C26H23FN2O. The van der Waals surface area contributed by atoms with Crippen molar-refractivity contribution in [2.24, 2.45) is 4.99 Å². The summed E-state index contributed by atoms with van der Waals surface area (Å²) in [5, 5.41) is 2.01. The van der Waals surface area contributed by atoms with Gasteiger partial charge in [0, 0.05) is 35.3 Å². The number of benzene rings is 2. The number of allylic oxidation sites excluding steroid dienone is 4. The van der Waals surface area contributed by atoms with Crippen molar-refractivity contribution >= 4 is 39.4 Å². The van der Waals surface area contributed by atoms with E-state index in [1.54, 1.807) is 25.4 Å². The van der Waals surface area contributed by atoms with Gasteiger partial charge < -0.3 is 4.42 Å². The third kappa shape index (κ3) is 3.57. The fourth-order valence-corrected chi connectivity index (χ4v) is 3.83. The number of aliphatic imine (C=N–C) groups is 1. The van der Waals surface area contributed by atoms with Gasteiger partial charge >= 0.3 is 0 Å². The van der Waals surface area contributed by atoms with Crippen LogP contribution in [0.2, 0.25) is 0 Å². The molecule has 150 valence electrons. The van der Waals surface area contributed by atoms with Crippen LogP contribution in [0.5, 0.6) is 0 Å². The summed E-state index contributed by atoms with van der Waals surface area (Å²) in [6.07, 6.45) is 5.54. The molecule has 0 unspecified atom stereocenters. The third-order valence-electron chi connectivity index (χ3n) is 5.27. The Morgan fingerprint density at radius 2 is 1.87 bits per heavy atom. The molecule has 0 saturated carbocycles. The molecule has 2 aromatic carbocycles. The average Bonchev–Trinajstić information content (AvgIpc) is 3.08. The number of rotatable bonds is 4. The zero-order valence-electron chi connectivity index (χ0n) is 17.5.